The van der Waals surface area contributed by atoms with Gasteiger partial charge in [0.1, 0.15) is 17.1 Å². The van der Waals surface area contributed by atoms with E-state index in [4.69, 9.17) is 9.15 Å². The van der Waals surface area contributed by atoms with Crippen LogP contribution in [0.2, 0.25) is 0 Å². The molecule has 1 aromatic carbocycles. The number of nitrogens with zero attached hydrogens (tertiary/aromatic N) is 3. The van der Waals surface area contributed by atoms with E-state index in [1.807, 2.05) is 24.4 Å². The molecule has 1 aliphatic heterocycles. The topological polar surface area (TPSA) is 105 Å². The van der Waals surface area contributed by atoms with Gasteiger partial charge in [0, 0.05) is 49.9 Å². The summed E-state index contributed by atoms with van der Waals surface area (Å²) in [5, 5.41) is 10.3. The Kier molecular flexibility index (Phi) is 6.49. The Labute approximate surface area is 202 Å². The lowest BCUT2D eigenvalue weighted by Gasteiger charge is -2.19. The first-order chi connectivity index (χ1) is 17.1. The predicted octanol–water partition coefficient (Wildman–Crippen LogP) is 2.83. The Bertz CT molecular complexity index is 1360. The van der Waals surface area contributed by atoms with E-state index in [2.05, 4.69) is 32.5 Å². The van der Waals surface area contributed by atoms with Crippen molar-refractivity contribution in [3.63, 3.8) is 0 Å². The largest absolute Gasteiger partial charge is 0.496 e. The van der Waals surface area contributed by atoms with E-state index in [-0.39, 0.29) is 23.8 Å². The molecule has 180 valence electrons. The molecule has 9 heteroatoms. The smallest absolute Gasteiger partial charge is 0.257 e. The van der Waals surface area contributed by atoms with Gasteiger partial charge in [-0.15, -0.1) is 0 Å². The lowest BCUT2D eigenvalue weighted by atomic mass is 10.1. The van der Waals surface area contributed by atoms with Crippen LogP contribution >= 0.6 is 0 Å². The molecule has 0 bridgehead atoms. The molecule has 5 rings (SSSR count). The summed E-state index contributed by atoms with van der Waals surface area (Å²) in [5.41, 5.74) is 4.06. The third-order valence-electron chi connectivity index (χ3n) is 6.31. The lowest BCUT2D eigenvalue weighted by molar-refractivity contribution is 0.0942. The zero-order valence-electron chi connectivity index (χ0n) is 19.5. The van der Waals surface area contributed by atoms with Gasteiger partial charge in [-0.25, -0.2) is 0 Å². The number of furan rings is 1. The fraction of sp³-hybridized carbons (Fsp3) is 0.269. The molecule has 0 fully saturated rings. The third-order valence-corrected chi connectivity index (χ3v) is 6.31. The van der Waals surface area contributed by atoms with Crippen LogP contribution in [0.4, 0.5) is 0 Å². The fourth-order valence-corrected chi connectivity index (χ4v) is 4.55. The molecule has 0 spiro atoms. The molecule has 9 nitrogen and oxygen atoms in total. The first-order valence-corrected chi connectivity index (χ1v) is 11.6. The number of ether oxygens (including phenoxy) is 1. The van der Waals surface area contributed by atoms with Crippen molar-refractivity contribution < 1.29 is 13.9 Å². The first-order valence-electron chi connectivity index (χ1n) is 11.6. The van der Waals surface area contributed by atoms with Gasteiger partial charge in [0.25, 0.3) is 11.5 Å². The zero-order chi connectivity index (χ0) is 24.2. The number of methoxy groups -OCH3 is 1. The first kappa shape index (κ1) is 22.7. The summed E-state index contributed by atoms with van der Waals surface area (Å²) < 4.78 is 12.5. The molecular weight excluding hydrogens is 446 g/mol. The molecule has 3 aromatic heterocycles. The summed E-state index contributed by atoms with van der Waals surface area (Å²) in [7, 11) is 1.47. The molecule has 35 heavy (non-hydrogen) atoms. The molecule has 0 saturated heterocycles. The summed E-state index contributed by atoms with van der Waals surface area (Å²) in [4.78, 5) is 28.3. The second-order valence-electron chi connectivity index (χ2n) is 8.45. The maximum absolute atomic E-state index is 13.2. The van der Waals surface area contributed by atoms with E-state index in [0.29, 0.717) is 49.6 Å². The third kappa shape index (κ3) is 4.76. The van der Waals surface area contributed by atoms with Crippen LogP contribution in [-0.4, -0.2) is 45.8 Å². The Morgan fingerprint density at radius 1 is 1.17 bits per heavy atom. The maximum atomic E-state index is 13.2. The number of carbonyl (C=O) groups is 1. The number of fused-ring (bicyclic) bond motifs is 1. The van der Waals surface area contributed by atoms with E-state index < -0.39 is 0 Å². The lowest BCUT2D eigenvalue weighted by Crippen LogP contribution is -2.31. The summed E-state index contributed by atoms with van der Waals surface area (Å²) in [6.07, 6.45) is 3.95. The predicted molar refractivity (Wildman–Crippen MR) is 130 cm³/mol. The van der Waals surface area contributed by atoms with Crippen LogP contribution in [0.5, 0.6) is 5.75 Å². The van der Waals surface area contributed by atoms with Gasteiger partial charge in [0.15, 0.2) is 0 Å². The van der Waals surface area contributed by atoms with Crippen molar-refractivity contribution in [2.24, 2.45) is 0 Å². The van der Waals surface area contributed by atoms with Crippen LogP contribution < -0.4 is 15.6 Å². The fourth-order valence-electron chi connectivity index (χ4n) is 4.55. The van der Waals surface area contributed by atoms with Crippen LogP contribution in [0.3, 0.4) is 0 Å². The summed E-state index contributed by atoms with van der Waals surface area (Å²) in [6, 6.07) is 15.1. The van der Waals surface area contributed by atoms with Crippen LogP contribution in [0, 0.1) is 0 Å². The number of H-pyrrole nitrogens is 1. The quantitative estimate of drug-likeness (QED) is 0.428. The highest BCUT2D eigenvalue weighted by molar-refractivity contribution is 5.98. The molecule has 2 N–H and O–H groups in total. The van der Waals surface area contributed by atoms with E-state index >= 15 is 0 Å². The Hall–Kier alpha value is -4.11. The molecule has 0 unspecified atom stereocenters. The minimum atomic E-state index is -0.295. The maximum Gasteiger partial charge on any atom is 0.257 e. The summed E-state index contributed by atoms with van der Waals surface area (Å²) in [5.74, 6) is 0.640. The molecule has 0 aliphatic carbocycles. The Morgan fingerprint density at radius 2 is 2.03 bits per heavy atom. The second kappa shape index (κ2) is 10.0. The molecule has 0 saturated carbocycles. The minimum Gasteiger partial charge on any atom is -0.496 e. The SMILES string of the molecule is COc1cc(=O)n2c(c1C(=O)NCc1ccco1)CCN(Cc1cn[nH]c1-c1ccccc1)CC2. The van der Waals surface area contributed by atoms with Gasteiger partial charge >= 0.3 is 0 Å². The Balaban J connectivity index is 1.38. The van der Waals surface area contributed by atoms with Crippen LogP contribution in [0.1, 0.15) is 27.4 Å². The van der Waals surface area contributed by atoms with Crippen LogP contribution in [0.15, 0.2) is 70.2 Å². The zero-order valence-corrected chi connectivity index (χ0v) is 19.5. The van der Waals surface area contributed by atoms with Crippen molar-refractivity contribution in [1.82, 2.24) is 25.0 Å². The second-order valence-corrected chi connectivity index (χ2v) is 8.45. The van der Waals surface area contributed by atoms with Crippen molar-refractivity contribution >= 4 is 5.91 Å². The Morgan fingerprint density at radius 3 is 2.80 bits per heavy atom. The highest BCUT2D eigenvalue weighted by Crippen LogP contribution is 2.25. The van der Waals surface area contributed by atoms with Gasteiger partial charge < -0.3 is 19.0 Å². The van der Waals surface area contributed by atoms with Gasteiger partial charge in [0.2, 0.25) is 0 Å². The van der Waals surface area contributed by atoms with Gasteiger partial charge in [-0.3, -0.25) is 19.6 Å². The van der Waals surface area contributed by atoms with E-state index in [0.717, 1.165) is 16.8 Å². The van der Waals surface area contributed by atoms with E-state index in [9.17, 15) is 9.59 Å². The van der Waals surface area contributed by atoms with Crippen LogP contribution in [-0.2, 0) is 26.1 Å². The number of nitrogens with one attached hydrogen (secondary N) is 2. The molecule has 1 aliphatic rings. The van der Waals surface area contributed by atoms with E-state index in [1.54, 1.807) is 23.0 Å². The monoisotopic (exact) mass is 473 g/mol. The van der Waals surface area contributed by atoms with Crippen molar-refractivity contribution in [2.45, 2.75) is 26.1 Å². The standard InChI is InChI=1S/C26H27N5O4/c1-34-22-14-23(32)31-12-11-30(17-19-15-28-29-25(19)18-6-3-2-4-7-18)10-9-21(31)24(22)26(33)27-16-20-8-5-13-35-20/h2-8,13-15H,9-12,16-17H2,1H3,(H,27,33)(H,28,29). The highest BCUT2D eigenvalue weighted by Gasteiger charge is 2.25. The van der Waals surface area contributed by atoms with Crippen molar-refractivity contribution in [2.75, 3.05) is 20.2 Å². The number of pyridine rings is 1. The number of hydrogen-bond donors (Lipinski definition) is 2. The van der Waals surface area contributed by atoms with Gasteiger partial charge in [-0.2, -0.15) is 5.10 Å². The minimum absolute atomic E-state index is 0.172. The van der Waals surface area contributed by atoms with E-state index in [1.165, 1.54) is 13.2 Å². The molecule has 0 atom stereocenters. The molecular formula is C26H27N5O4. The van der Waals surface area contributed by atoms with Crippen molar-refractivity contribution in [3.8, 4) is 17.0 Å². The van der Waals surface area contributed by atoms with Crippen molar-refractivity contribution in [3.05, 3.63) is 93.9 Å². The average Bonchev–Trinajstić information content (AvgIpc) is 3.52. The number of rotatable bonds is 7. The number of hydrogen-bond acceptors (Lipinski definition) is 6. The summed E-state index contributed by atoms with van der Waals surface area (Å²) >= 11 is 0. The number of benzene rings is 1. The summed E-state index contributed by atoms with van der Waals surface area (Å²) in [6.45, 7) is 2.77. The molecule has 4 heterocycles. The number of carbonyl (C=O) groups excluding carboxylic acids is 1. The van der Waals surface area contributed by atoms with Gasteiger partial charge in [-0.1, -0.05) is 30.3 Å². The number of aromatic nitrogens is 3. The molecule has 1 amide bonds. The number of aromatic amines is 1. The van der Waals surface area contributed by atoms with Gasteiger partial charge in [0.05, 0.1) is 31.8 Å². The normalized spacial score (nSPS) is 13.7. The number of amides is 1. The average molecular weight is 474 g/mol. The van der Waals surface area contributed by atoms with Crippen molar-refractivity contribution in [1.29, 1.82) is 0 Å². The molecule has 0 radical (unpaired) electrons. The van der Waals surface area contributed by atoms with Crippen LogP contribution in [0.25, 0.3) is 11.3 Å². The van der Waals surface area contributed by atoms with Gasteiger partial charge in [-0.05, 0) is 17.7 Å². The molecule has 4 aromatic rings. The highest BCUT2D eigenvalue weighted by atomic mass is 16.5.